The van der Waals surface area contributed by atoms with Crippen LogP contribution in [-0.2, 0) is 11.3 Å². The van der Waals surface area contributed by atoms with Gasteiger partial charge in [0, 0.05) is 24.2 Å². The molecule has 1 aromatic carbocycles. The molecular weight excluding hydrogens is 324 g/mol. The van der Waals surface area contributed by atoms with Gasteiger partial charge in [-0.25, -0.2) is 4.79 Å². The SMILES string of the molecule is Cc1oc(CNC(=O)c2cccc(N3CCCC3=O)c2)cc1C(=O)O. The summed E-state index contributed by atoms with van der Waals surface area (Å²) in [6, 6.07) is 8.27. The fraction of sp³-hybridized carbons (Fsp3) is 0.278. The molecule has 2 aromatic rings. The zero-order valence-corrected chi connectivity index (χ0v) is 13.7. The van der Waals surface area contributed by atoms with E-state index in [1.165, 1.54) is 6.07 Å². The lowest BCUT2D eigenvalue weighted by Crippen LogP contribution is -2.25. The average Bonchev–Trinajstić information content (AvgIpc) is 3.18. The number of nitrogens with zero attached hydrogens (tertiary/aromatic N) is 1. The highest BCUT2D eigenvalue weighted by molar-refractivity contribution is 5.99. The molecule has 1 aliphatic rings. The maximum Gasteiger partial charge on any atom is 0.339 e. The maximum atomic E-state index is 12.3. The predicted octanol–water partition coefficient (Wildman–Crippen LogP) is 2.34. The summed E-state index contributed by atoms with van der Waals surface area (Å²) in [5.74, 6) is -0.661. The molecule has 0 spiro atoms. The number of hydrogen-bond acceptors (Lipinski definition) is 4. The molecule has 1 aliphatic heterocycles. The molecule has 2 amide bonds. The third-order valence-corrected chi connectivity index (χ3v) is 4.12. The number of aryl methyl sites for hydroxylation is 1. The van der Waals surface area contributed by atoms with Gasteiger partial charge < -0.3 is 19.7 Å². The fourth-order valence-electron chi connectivity index (χ4n) is 2.85. The molecular formula is C18H18N2O5. The third-order valence-electron chi connectivity index (χ3n) is 4.12. The molecule has 130 valence electrons. The number of carboxylic acid groups (broad SMARTS) is 1. The van der Waals surface area contributed by atoms with Gasteiger partial charge in [0.25, 0.3) is 5.91 Å². The van der Waals surface area contributed by atoms with Gasteiger partial charge in [-0.2, -0.15) is 0 Å². The first-order chi connectivity index (χ1) is 12.0. The highest BCUT2D eigenvalue weighted by Crippen LogP contribution is 2.22. The largest absolute Gasteiger partial charge is 0.478 e. The van der Waals surface area contributed by atoms with Crippen LogP contribution in [0.5, 0.6) is 0 Å². The molecule has 25 heavy (non-hydrogen) atoms. The molecule has 3 rings (SSSR count). The lowest BCUT2D eigenvalue weighted by atomic mass is 10.1. The zero-order chi connectivity index (χ0) is 18.0. The smallest absolute Gasteiger partial charge is 0.339 e. The molecule has 0 unspecified atom stereocenters. The van der Waals surface area contributed by atoms with Crippen molar-refractivity contribution in [2.24, 2.45) is 0 Å². The zero-order valence-electron chi connectivity index (χ0n) is 13.7. The Labute approximate surface area is 144 Å². The summed E-state index contributed by atoms with van der Waals surface area (Å²) >= 11 is 0. The topological polar surface area (TPSA) is 99.9 Å². The molecule has 0 radical (unpaired) electrons. The number of carbonyl (C=O) groups is 3. The van der Waals surface area contributed by atoms with E-state index in [2.05, 4.69) is 5.32 Å². The summed E-state index contributed by atoms with van der Waals surface area (Å²) in [5.41, 5.74) is 1.22. The van der Waals surface area contributed by atoms with E-state index in [1.807, 2.05) is 0 Å². The summed E-state index contributed by atoms with van der Waals surface area (Å²) in [4.78, 5) is 36.8. The van der Waals surface area contributed by atoms with Crippen molar-refractivity contribution >= 4 is 23.5 Å². The number of benzene rings is 1. The lowest BCUT2D eigenvalue weighted by molar-refractivity contribution is -0.117. The normalized spacial score (nSPS) is 14.0. The number of nitrogens with one attached hydrogen (secondary N) is 1. The standard InChI is InChI=1S/C18H18N2O5/c1-11-15(18(23)24)9-14(25-11)10-19-17(22)12-4-2-5-13(8-12)20-7-3-6-16(20)21/h2,4-5,8-9H,3,6-7,10H2,1H3,(H,19,22)(H,23,24). The molecule has 7 heteroatoms. The number of carbonyl (C=O) groups excluding carboxylic acids is 2. The van der Waals surface area contributed by atoms with Crippen LogP contribution in [0, 0.1) is 6.92 Å². The Morgan fingerprint density at radius 3 is 2.76 bits per heavy atom. The molecule has 2 N–H and O–H groups in total. The van der Waals surface area contributed by atoms with Gasteiger partial charge in [-0.3, -0.25) is 9.59 Å². The van der Waals surface area contributed by atoms with Crippen LogP contribution in [0.4, 0.5) is 5.69 Å². The third kappa shape index (κ3) is 3.55. The second kappa shape index (κ2) is 6.80. The molecule has 0 aliphatic carbocycles. The quantitative estimate of drug-likeness (QED) is 0.869. The van der Waals surface area contributed by atoms with Gasteiger partial charge in [0.15, 0.2) is 0 Å². The van der Waals surface area contributed by atoms with Gasteiger partial charge in [-0.1, -0.05) is 6.07 Å². The molecule has 7 nitrogen and oxygen atoms in total. The summed E-state index contributed by atoms with van der Waals surface area (Å²) in [6.07, 6.45) is 1.35. The Morgan fingerprint density at radius 2 is 2.12 bits per heavy atom. The number of carboxylic acids is 1. The van der Waals surface area contributed by atoms with Crippen molar-refractivity contribution in [2.75, 3.05) is 11.4 Å². The predicted molar refractivity (Wildman–Crippen MR) is 89.6 cm³/mol. The first kappa shape index (κ1) is 16.8. The van der Waals surface area contributed by atoms with E-state index in [-0.39, 0.29) is 23.9 Å². The van der Waals surface area contributed by atoms with E-state index in [9.17, 15) is 14.4 Å². The number of rotatable bonds is 5. The van der Waals surface area contributed by atoms with Gasteiger partial charge in [-0.15, -0.1) is 0 Å². The average molecular weight is 342 g/mol. The van der Waals surface area contributed by atoms with Crippen LogP contribution in [0.1, 0.15) is 45.1 Å². The van der Waals surface area contributed by atoms with E-state index in [4.69, 9.17) is 9.52 Å². The monoisotopic (exact) mass is 342 g/mol. The minimum atomic E-state index is -1.07. The van der Waals surface area contributed by atoms with Crippen molar-refractivity contribution in [3.05, 3.63) is 53.0 Å². The summed E-state index contributed by atoms with van der Waals surface area (Å²) in [6.45, 7) is 2.30. The summed E-state index contributed by atoms with van der Waals surface area (Å²) < 4.78 is 5.33. The summed E-state index contributed by atoms with van der Waals surface area (Å²) in [7, 11) is 0. The van der Waals surface area contributed by atoms with Crippen molar-refractivity contribution in [3.8, 4) is 0 Å². The van der Waals surface area contributed by atoms with Gasteiger partial charge in [0.2, 0.25) is 5.91 Å². The molecule has 0 saturated carbocycles. The highest BCUT2D eigenvalue weighted by Gasteiger charge is 2.22. The van der Waals surface area contributed by atoms with Crippen molar-refractivity contribution in [1.82, 2.24) is 5.32 Å². The van der Waals surface area contributed by atoms with Crippen LogP contribution in [0.2, 0.25) is 0 Å². The highest BCUT2D eigenvalue weighted by atomic mass is 16.4. The fourth-order valence-corrected chi connectivity index (χ4v) is 2.85. The van der Waals surface area contributed by atoms with Crippen molar-refractivity contribution in [2.45, 2.75) is 26.3 Å². The molecule has 2 heterocycles. The molecule has 1 fully saturated rings. The summed E-state index contributed by atoms with van der Waals surface area (Å²) in [5, 5.41) is 11.7. The Morgan fingerprint density at radius 1 is 1.32 bits per heavy atom. The van der Waals surface area contributed by atoms with Crippen molar-refractivity contribution in [3.63, 3.8) is 0 Å². The van der Waals surface area contributed by atoms with E-state index in [1.54, 1.807) is 36.1 Å². The van der Waals surface area contributed by atoms with E-state index >= 15 is 0 Å². The van der Waals surface area contributed by atoms with Crippen LogP contribution in [0.3, 0.4) is 0 Å². The molecule has 1 saturated heterocycles. The minimum Gasteiger partial charge on any atom is -0.478 e. The van der Waals surface area contributed by atoms with Gasteiger partial charge in [0.05, 0.1) is 6.54 Å². The Kier molecular flexibility index (Phi) is 4.56. The van der Waals surface area contributed by atoms with Crippen molar-refractivity contribution in [1.29, 1.82) is 0 Å². The van der Waals surface area contributed by atoms with Crippen LogP contribution in [0.25, 0.3) is 0 Å². The number of anilines is 1. The number of amides is 2. The van der Waals surface area contributed by atoms with E-state index in [0.29, 0.717) is 35.7 Å². The van der Waals surface area contributed by atoms with E-state index < -0.39 is 5.97 Å². The first-order valence-corrected chi connectivity index (χ1v) is 7.97. The second-order valence-electron chi connectivity index (χ2n) is 5.87. The number of aromatic carboxylic acids is 1. The van der Waals surface area contributed by atoms with Gasteiger partial charge in [-0.05, 0) is 37.6 Å². The second-order valence-corrected chi connectivity index (χ2v) is 5.87. The lowest BCUT2D eigenvalue weighted by Gasteiger charge is -2.16. The van der Waals surface area contributed by atoms with Crippen LogP contribution < -0.4 is 10.2 Å². The number of furan rings is 1. The van der Waals surface area contributed by atoms with E-state index in [0.717, 1.165) is 6.42 Å². The Balaban J connectivity index is 1.68. The molecule has 1 aromatic heterocycles. The van der Waals surface area contributed by atoms with Crippen molar-refractivity contribution < 1.29 is 23.9 Å². The van der Waals surface area contributed by atoms with Crippen LogP contribution in [-0.4, -0.2) is 29.4 Å². The Bertz CT molecular complexity index is 840. The van der Waals surface area contributed by atoms with Gasteiger partial charge >= 0.3 is 5.97 Å². The maximum absolute atomic E-state index is 12.3. The minimum absolute atomic E-state index is 0.0600. The molecule has 0 atom stereocenters. The van der Waals surface area contributed by atoms with Crippen LogP contribution >= 0.6 is 0 Å². The van der Waals surface area contributed by atoms with Crippen LogP contribution in [0.15, 0.2) is 34.7 Å². The van der Waals surface area contributed by atoms with Gasteiger partial charge in [0.1, 0.15) is 17.1 Å². The first-order valence-electron chi connectivity index (χ1n) is 7.97. The number of hydrogen-bond donors (Lipinski definition) is 2. The Hall–Kier alpha value is -3.09. The molecule has 0 bridgehead atoms.